The van der Waals surface area contributed by atoms with Gasteiger partial charge < -0.3 is 18.9 Å². The number of carbonyl (C=O) groups excluding carboxylic acids is 3. The average Bonchev–Trinajstić information content (AvgIpc) is 3.00. The number of ketones is 2. The van der Waals surface area contributed by atoms with E-state index in [0.29, 0.717) is 5.75 Å². The number of hydrogen-bond donors (Lipinski definition) is 0. The number of non-ortho nitro benzene ring substituents is 1. The van der Waals surface area contributed by atoms with E-state index < -0.39 is 28.9 Å². The zero-order chi connectivity index (χ0) is 29.9. The number of rotatable bonds is 14. The number of hydrogen-bond acceptors (Lipinski definition) is 9. The first kappa shape index (κ1) is 29.5. The Hall–Kier alpha value is -5.51. The zero-order valence-electron chi connectivity index (χ0n) is 22.7. The molecule has 10 heteroatoms. The molecule has 0 fully saturated rings. The first-order valence-corrected chi connectivity index (χ1v) is 13.0. The Morgan fingerprint density at radius 2 is 1.31 bits per heavy atom. The lowest BCUT2D eigenvalue weighted by atomic mass is 10.0. The van der Waals surface area contributed by atoms with Gasteiger partial charge in [0.2, 0.25) is 5.78 Å². The Bertz CT molecular complexity index is 1550. The summed E-state index contributed by atoms with van der Waals surface area (Å²) in [7, 11) is 0. The number of benzene rings is 4. The molecule has 4 aromatic carbocycles. The average molecular weight is 570 g/mol. The van der Waals surface area contributed by atoms with E-state index in [9.17, 15) is 24.5 Å². The van der Waals surface area contributed by atoms with Crippen molar-refractivity contribution in [3.63, 3.8) is 0 Å². The van der Waals surface area contributed by atoms with E-state index in [-0.39, 0.29) is 48.3 Å². The van der Waals surface area contributed by atoms with Crippen LogP contribution in [0, 0.1) is 10.1 Å². The molecule has 0 radical (unpaired) electrons. The Kier molecular flexibility index (Phi) is 9.98. The molecule has 0 atom stereocenters. The molecule has 214 valence electrons. The normalized spacial score (nSPS) is 10.4. The van der Waals surface area contributed by atoms with Crippen LogP contribution in [0.5, 0.6) is 23.0 Å². The number of ether oxygens (including phenoxy) is 4. The minimum absolute atomic E-state index is 0.0217. The van der Waals surface area contributed by atoms with E-state index in [4.69, 9.17) is 18.9 Å². The van der Waals surface area contributed by atoms with Gasteiger partial charge in [0.05, 0.1) is 18.0 Å². The van der Waals surface area contributed by atoms with Crippen LogP contribution in [0.4, 0.5) is 5.69 Å². The van der Waals surface area contributed by atoms with E-state index >= 15 is 0 Å². The van der Waals surface area contributed by atoms with Crippen molar-refractivity contribution in [2.24, 2.45) is 0 Å². The fourth-order valence-electron chi connectivity index (χ4n) is 3.88. The second-order valence-corrected chi connectivity index (χ2v) is 8.94. The van der Waals surface area contributed by atoms with E-state index in [1.807, 2.05) is 60.7 Å². The van der Waals surface area contributed by atoms with Crippen molar-refractivity contribution in [2.75, 3.05) is 6.61 Å². The molecule has 42 heavy (non-hydrogen) atoms. The molecule has 4 rings (SSSR count). The SMILES string of the molecule is CCOC(=O)C(=O)CC(=O)c1c(OCc2ccccc2)cc(OCc2ccccc2)cc1Oc1ccc([N+](=O)[O-])cc1. The van der Waals surface area contributed by atoms with Gasteiger partial charge in [0.1, 0.15) is 41.8 Å². The van der Waals surface area contributed by atoms with E-state index in [0.717, 1.165) is 11.1 Å². The summed E-state index contributed by atoms with van der Waals surface area (Å²) in [5.74, 6) is -2.39. The lowest BCUT2D eigenvalue weighted by molar-refractivity contribution is -0.384. The van der Waals surface area contributed by atoms with Gasteiger partial charge in [-0.2, -0.15) is 0 Å². The molecule has 0 unspecified atom stereocenters. The van der Waals surface area contributed by atoms with Crippen molar-refractivity contribution >= 4 is 23.2 Å². The highest BCUT2D eigenvalue weighted by Crippen LogP contribution is 2.39. The van der Waals surface area contributed by atoms with Crippen molar-refractivity contribution in [1.29, 1.82) is 0 Å². The van der Waals surface area contributed by atoms with Gasteiger partial charge in [0, 0.05) is 24.3 Å². The molecule has 10 nitrogen and oxygen atoms in total. The maximum Gasteiger partial charge on any atom is 0.375 e. The number of Topliss-reactive ketones (excluding diaryl/α,β-unsaturated/α-hetero) is 2. The molecule has 0 heterocycles. The third-order valence-corrected chi connectivity index (χ3v) is 5.90. The van der Waals surface area contributed by atoms with Crippen LogP contribution < -0.4 is 14.2 Å². The summed E-state index contributed by atoms with van der Waals surface area (Å²) in [4.78, 5) is 48.5. The molecule has 0 aliphatic heterocycles. The quantitative estimate of drug-likeness (QED) is 0.0432. The lowest BCUT2D eigenvalue weighted by Crippen LogP contribution is -2.21. The van der Waals surface area contributed by atoms with Crippen LogP contribution in [0.2, 0.25) is 0 Å². The number of nitro benzene ring substituents is 1. The molecular weight excluding hydrogens is 542 g/mol. The van der Waals surface area contributed by atoms with Crippen molar-refractivity contribution < 1.29 is 38.3 Å². The highest BCUT2D eigenvalue weighted by Gasteiger charge is 2.27. The van der Waals surface area contributed by atoms with Gasteiger partial charge in [0.25, 0.3) is 5.69 Å². The van der Waals surface area contributed by atoms with Crippen LogP contribution in [0.3, 0.4) is 0 Å². The summed E-state index contributed by atoms with van der Waals surface area (Å²) in [6.45, 7) is 1.80. The Morgan fingerprint density at radius 3 is 1.88 bits per heavy atom. The molecule has 0 aromatic heterocycles. The lowest BCUT2D eigenvalue weighted by Gasteiger charge is -2.18. The van der Waals surface area contributed by atoms with E-state index in [1.54, 1.807) is 6.92 Å². The third kappa shape index (κ3) is 8.01. The maximum atomic E-state index is 13.5. The van der Waals surface area contributed by atoms with Gasteiger partial charge in [0.15, 0.2) is 5.78 Å². The third-order valence-electron chi connectivity index (χ3n) is 5.90. The fourth-order valence-corrected chi connectivity index (χ4v) is 3.88. The standard InChI is InChI=1S/C32H27NO9/c1-2-39-32(36)28(35)19-27(34)31-29(41-21-23-11-7-4-8-12-23)17-26(40-20-22-9-5-3-6-10-22)18-30(31)42-25-15-13-24(14-16-25)33(37)38/h3-18H,2,19-21H2,1H3. The number of nitrogens with zero attached hydrogens (tertiary/aromatic N) is 1. The highest BCUT2D eigenvalue weighted by molar-refractivity contribution is 6.38. The second kappa shape index (κ2) is 14.2. The second-order valence-electron chi connectivity index (χ2n) is 8.94. The van der Waals surface area contributed by atoms with Gasteiger partial charge >= 0.3 is 5.97 Å². The van der Waals surface area contributed by atoms with Gasteiger partial charge in [-0.3, -0.25) is 19.7 Å². The molecule has 0 saturated carbocycles. The molecule has 0 aliphatic rings. The molecule has 0 aliphatic carbocycles. The maximum absolute atomic E-state index is 13.5. The minimum Gasteiger partial charge on any atom is -0.489 e. The molecule has 0 amide bonds. The summed E-state index contributed by atoms with van der Waals surface area (Å²) >= 11 is 0. The predicted octanol–water partition coefficient (Wildman–Crippen LogP) is 6.25. The molecule has 0 bridgehead atoms. The Morgan fingerprint density at radius 1 is 0.738 bits per heavy atom. The van der Waals surface area contributed by atoms with E-state index in [1.165, 1.54) is 36.4 Å². The number of esters is 1. The van der Waals surface area contributed by atoms with Gasteiger partial charge in [-0.05, 0) is 30.2 Å². The topological polar surface area (TPSA) is 131 Å². The van der Waals surface area contributed by atoms with Crippen LogP contribution >= 0.6 is 0 Å². The first-order valence-electron chi connectivity index (χ1n) is 13.0. The Balaban J connectivity index is 1.74. The molecule has 0 spiro atoms. The van der Waals surface area contributed by atoms with Crippen LogP contribution in [0.1, 0.15) is 34.8 Å². The van der Waals surface area contributed by atoms with Gasteiger partial charge in [-0.15, -0.1) is 0 Å². The summed E-state index contributed by atoms with van der Waals surface area (Å²) in [6, 6.07) is 26.8. The highest BCUT2D eigenvalue weighted by atomic mass is 16.6. The number of carbonyl (C=O) groups is 3. The summed E-state index contributed by atoms with van der Waals surface area (Å²) in [5.41, 5.74) is 1.45. The smallest absolute Gasteiger partial charge is 0.375 e. The summed E-state index contributed by atoms with van der Waals surface area (Å²) in [6.07, 6.45) is -0.790. The largest absolute Gasteiger partial charge is 0.489 e. The number of nitro groups is 1. The van der Waals surface area contributed by atoms with E-state index in [2.05, 4.69) is 0 Å². The summed E-state index contributed by atoms with van der Waals surface area (Å²) in [5, 5.41) is 11.1. The molecule has 4 aromatic rings. The van der Waals surface area contributed by atoms with Crippen molar-refractivity contribution in [3.05, 3.63) is 124 Å². The molecule has 0 N–H and O–H groups in total. The van der Waals surface area contributed by atoms with Crippen LogP contribution in [0.15, 0.2) is 97.1 Å². The van der Waals surface area contributed by atoms with Crippen LogP contribution in [-0.2, 0) is 27.5 Å². The van der Waals surface area contributed by atoms with Crippen LogP contribution in [-0.4, -0.2) is 29.1 Å². The predicted molar refractivity (Wildman–Crippen MR) is 152 cm³/mol. The van der Waals surface area contributed by atoms with Gasteiger partial charge in [-0.1, -0.05) is 60.7 Å². The Labute approximate surface area is 241 Å². The van der Waals surface area contributed by atoms with Crippen LogP contribution in [0.25, 0.3) is 0 Å². The van der Waals surface area contributed by atoms with Crippen molar-refractivity contribution in [2.45, 2.75) is 26.6 Å². The molecule has 0 saturated heterocycles. The molecular formula is C32H27NO9. The first-order chi connectivity index (χ1) is 20.3. The summed E-state index contributed by atoms with van der Waals surface area (Å²) < 4.78 is 22.8. The van der Waals surface area contributed by atoms with Crippen molar-refractivity contribution in [3.8, 4) is 23.0 Å². The zero-order valence-corrected chi connectivity index (χ0v) is 22.7. The van der Waals surface area contributed by atoms with Gasteiger partial charge in [-0.25, -0.2) is 4.79 Å². The minimum atomic E-state index is -1.13. The monoisotopic (exact) mass is 569 g/mol. The fraction of sp³-hybridized carbons (Fsp3) is 0.156. The van der Waals surface area contributed by atoms with Crippen molar-refractivity contribution in [1.82, 2.24) is 0 Å².